The van der Waals surface area contributed by atoms with Crippen molar-refractivity contribution in [1.29, 1.82) is 0 Å². The van der Waals surface area contributed by atoms with Crippen LogP contribution < -0.4 is 10.1 Å². The molecule has 1 saturated heterocycles. The third kappa shape index (κ3) is 3.15. The minimum absolute atomic E-state index is 0.00306. The highest BCUT2D eigenvalue weighted by atomic mass is 19.1. The number of hydrogen-bond donors (Lipinski definition) is 1. The third-order valence-corrected chi connectivity index (χ3v) is 5.74. The number of nitrogens with one attached hydrogen (secondary N) is 1. The van der Waals surface area contributed by atoms with Crippen molar-refractivity contribution >= 4 is 17.6 Å². The number of ether oxygens (including phenoxy) is 2. The molecule has 0 aliphatic carbocycles. The zero-order valence-electron chi connectivity index (χ0n) is 16.0. The van der Waals surface area contributed by atoms with Gasteiger partial charge in [-0.1, -0.05) is 12.1 Å². The molecule has 30 heavy (non-hydrogen) atoms. The minimum Gasteiger partial charge on any atom is -0.465 e. The number of halogens is 2. The van der Waals surface area contributed by atoms with E-state index < -0.39 is 17.9 Å². The van der Waals surface area contributed by atoms with Crippen LogP contribution in [0.1, 0.15) is 22.7 Å². The molecule has 0 saturated carbocycles. The number of amides is 3. The molecular weight excluding hydrogens is 396 g/mol. The second-order valence-electron chi connectivity index (χ2n) is 7.52. The fourth-order valence-electron chi connectivity index (χ4n) is 4.35. The van der Waals surface area contributed by atoms with E-state index in [1.54, 1.807) is 17.0 Å². The van der Waals surface area contributed by atoms with E-state index in [4.69, 9.17) is 9.47 Å². The molecule has 3 amide bonds. The molecule has 9 heteroatoms. The Morgan fingerprint density at radius 1 is 1.23 bits per heavy atom. The normalized spacial score (nSPS) is 20.1. The standard InChI is InChI=1S/C21H19F2N3O4/c22-13-6-12-10-29-11-30-20(12)17(7-13)24-21(28)25-8-18-15-2-1-3-16(23)14(15)4-5-26(18)19(27)9-25/h1-3,6-7,18H,4-5,8-11H2,(H,24,28)/t18-/m0/s1. The average Bonchev–Trinajstić information content (AvgIpc) is 2.73. The van der Waals surface area contributed by atoms with Crippen LogP contribution >= 0.6 is 0 Å². The summed E-state index contributed by atoms with van der Waals surface area (Å²) in [6.45, 7) is 0.711. The topological polar surface area (TPSA) is 71.1 Å². The summed E-state index contributed by atoms with van der Waals surface area (Å²) in [6.07, 6.45) is 0.450. The first-order valence-electron chi connectivity index (χ1n) is 9.67. The molecule has 5 rings (SSSR count). The van der Waals surface area contributed by atoms with E-state index in [1.807, 2.05) is 0 Å². The van der Waals surface area contributed by atoms with Gasteiger partial charge in [0.15, 0.2) is 12.5 Å². The molecule has 7 nitrogen and oxygen atoms in total. The van der Waals surface area contributed by atoms with Gasteiger partial charge in [0.25, 0.3) is 0 Å². The number of hydrogen-bond acceptors (Lipinski definition) is 4. The SMILES string of the molecule is O=C(Nc1cc(F)cc2c1OCOC2)N1CC(=O)N2CCc3c(F)cccc3[C@@H]2C1. The molecule has 0 unspecified atom stereocenters. The van der Waals surface area contributed by atoms with Crippen molar-refractivity contribution in [3.63, 3.8) is 0 Å². The Hall–Kier alpha value is -3.20. The van der Waals surface area contributed by atoms with Crippen LogP contribution in [0, 0.1) is 11.6 Å². The number of fused-ring (bicyclic) bond motifs is 4. The molecule has 0 radical (unpaired) electrons. The maximum absolute atomic E-state index is 14.2. The summed E-state index contributed by atoms with van der Waals surface area (Å²) in [6, 6.07) is 6.31. The first-order chi connectivity index (χ1) is 14.5. The molecule has 2 aromatic rings. The van der Waals surface area contributed by atoms with Crippen molar-refractivity contribution in [2.24, 2.45) is 0 Å². The maximum Gasteiger partial charge on any atom is 0.322 e. The van der Waals surface area contributed by atoms with Crippen LogP contribution in [0.25, 0.3) is 0 Å². The van der Waals surface area contributed by atoms with Gasteiger partial charge in [-0.15, -0.1) is 0 Å². The van der Waals surface area contributed by atoms with Gasteiger partial charge in [0, 0.05) is 24.7 Å². The Morgan fingerprint density at radius 2 is 2.10 bits per heavy atom. The Balaban J connectivity index is 1.40. The number of urea groups is 1. The number of piperazine rings is 1. The molecule has 1 fully saturated rings. The molecule has 156 valence electrons. The van der Waals surface area contributed by atoms with Crippen molar-refractivity contribution in [2.75, 3.05) is 31.7 Å². The van der Waals surface area contributed by atoms with Crippen molar-refractivity contribution in [3.05, 3.63) is 58.7 Å². The molecule has 0 aromatic heterocycles. The smallest absolute Gasteiger partial charge is 0.322 e. The fraction of sp³-hybridized carbons (Fsp3) is 0.333. The van der Waals surface area contributed by atoms with Gasteiger partial charge < -0.3 is 24.6 Å². The Kier molecular flexibility index (Phi) is 4.54. The lowest BCUT2D eigenvalue weighted by Gasteiger charge is -2.44. The number of carbonyl (C=O) groups is 2. The molecule has 1 atom stereocenters. The number of anilines is 1. The monoisotopic (exact) mass is 415 g/mol. The van der Waals surface area contributed by atoms with Gasteiger partial charge in [0.2, 0.25) is 5.91 Å². The number of rotatable bonds is 1. The fourth-order valence-corrected chi connectivity index (χ4v) is 4.35. The van der Waals surface area contributed by atoms with Gasteiger partial charge in [-0.05, 0) is 29.7 Å². The Labute approximate surface area is 171 Å². The zero-order valence-corrected chi connectivity index (χ0v) is 16.0. The molecule has 2 aromatic carbocycles. The van der Waals surface area contributed by atoms with E-state index in [-0.39, 0.29) is 43.9 Å². The Bertz CT molecular complexity index is 1050. The maximum atomic E-state index is 14.2. The molecule has 3 aliphatic heterocycles. The van der Waals surface area contributed by atoms with E-state index in [0.717, 1.165) is 5.56 Å². The van der Waals surface area contributed by atoms with Crippen molar-refractivity contribution in [3.8, 4) is 5.75 Å². The van der Waals surface area contributed by atoms with E-state index in [1.165, 1.54) is 23.1 Å². The van der Waals surface area contributed by atoms with Crippen LogP contribution in [0.15, 0.2) is 30.3 Å². The summed E-state index contributed by atoms with van der Waals surface area (Å²) < 4.78 is 38.8. The number of benzene rings is 2. The van der Waals surface area contributed by atoms with Gasteiger partial charge in [-0.2, -0.15) is 0 Å². The Morgan fingerprint density at radius 3 is 2.97 bits per heavy atom. The van der Waals surface area contributed by atoms with Crippen LogP contribution in [0.2, 0.25) is 0 Å². The molecule has 0 bridgehead atoms. The molecule has 3 aliphatic rings. The van der Waals surface area contributed by atoms with Gasteiger partial charge >= 0.3 is 6.03 Å². The van der Waals surface area contributed by atoms with Gasteiger partial charge in [-0.3, -0.25) is 4.79 Å². The lowest BCUT2D eigenvalue weighted by molar-refractivity contribution is -0.139. The first-order valence-corrected chi connectivity index (χ1v) is 9.67. The summed E-state index contributed by atoms with van der Waals surface area (Å²) >= 11 is 0. The van der Waals surface area contributed by atoms with Gasteiger partial charge in [-0.25, -0.2) is 13.6 Å². The van der Waals surface area contributed by atoms with Crippen molar-refractivity contribution in [2.45, 2.75) is 19.1 Å². The van der Waals surface area contributed by atoms with Crippen LogP contribution in [0.5, 0.6) is 5.75 Å². The largest absolute Gasteiger partial charge is 0.465 e. The van der Waals surface area contributed by atoms with Crippen molar-refractivity contribution < 1.29 is 27.8 Å². The third-order valence-electron chi connectivity index (χ3n) is 5.74. The highest BCUT2D eigenvalue weighted by Gasteiger charge is 2.39. The van der Waals surface area contributed by atoms with E-state index >= 15 is 0 Å². The zero-order chi connectivity index (χ0) is 20.8. The average molecular weight is 415 g/mol. The van der Waals surface area contributed by atoms with Crippen molar-refractivity contribution in [1.82, 2.24) is 9.80 Å². The van der Waals surface area contributed by atoms with Crippen LogP contribution in [0.4, 0.5) is 19.3 Å². The highest BCUT2D eigenvalue weighted by Crippen LogP contribution is 2.36. The second kappa shape index (κ2) is 7.24. The molecular formula is C21H19F2N3O4. The number of nitrogens with zero attached hydrogens (tertiary/aromatic N) is 2. The molecule has 1 N–H and O–H groups in total. The summed E-state index contributed by atoms with van der Waals surface area (Å²) in [5, 5.41) is 2.65. The quantitative estimate of drug-likeness (QED) is 0.778. The minimum atomic E-state index is -0.547. The van der Waals surface area contributed by atoms with E-state index in [2.05, 4.69) is 5.32 Å². The van der Waals surface area contributed by atoms with Crippen LogP contribution in [-0.4, -0.2) is 48.2 Å². The summed E-state index contributed by atoms with van der Waals surface area (Å²) in [5.41, 5.74) is 1.98. The van der Waals surface area contributed by atoms with Gasteiger partial charge in [0.05, 0.1) is 18.3 Å². The van der Waals surface area contributed by atoms with E-state index in [0.29, 0.717) is 29.8 Å². The number of carbonyl (C=O) groups excluding carboxylic acids is 2. The lowest BCUT2D eigenvalue weighted by atomic mass is 9.90. The van der Waals surface area contributed by atoms with Crippen LogP contribution in [0.3, 0.4) is 0 Å². The highest BCUT2D eigenvalue weighted by molar-refractivity contribution is 5.94. The van der Waals surface area contributed by atoms with Crippen LogP contribution in [-0.2, 0) is 22.6 Å². The van der Waals surface area contributed by atoms with E-state index in [9.17, 15) is 18.4 Å². The predicted molar refractivity (Wildman–Crippen MR) is 102 cm³/mol. The summed E-state index contributed by atoms with van der Waals surface area (Å²) in [7, 11) is 0. The predicted octanol–water partition coefficient (Wildman–Crippen LogP) is 2.80. The first kappa shape index (κ1) is 18.8. The summed E-state index contributed by atoms with van der Waals surface area (Å²) in [4.78, 5) is 28.7. The lowest BCUT2D eigenvalue weighted by Crippen LogP contribution is -2.56. The molecule has 0 spiro atoms. The summed E-state index contributed by atoms with van der Waals surface area (Å²) in [5.74, 6) is -0.684. The second-order valence-corrected chi connectivity index (χ2v) is 7.52. The molecule has 3 heterocycles. The van der Waals surface area contributed by atoms with Gasteiger partial charge in [0.1, 0.15) is 18.2 Å².